The van der Waals surface area contributed by atoms with Crippen LogP contribution < -0.4 is 10.1 Å². The van der Waals surface area contributed by atoms with E-state index in [0.29, 0.717) is 12.6 Å². The van der Waals surface area contributed by atoms with E-state index < -0.39 is 0 Å². The number of halogens is 2. The molecule has 1 saturated carbocycles. The molecule has 0 spiro atoms. The number of nitrogens with one attached hydrogen (secondary N) is 1. The summed E-state index contributed by atoms with van der Waals surface area (Å²) in [5, 5.41) is 5.61. The van der Waals surface area contributed by atoms with Gasteiger partial charge in [-0.2, -0.15) is 0 Å². The van der Waals surface area contributed by atoms with Crippen molar-refractivity contribution >= 4 is 43.2 Å². The number of benzene rings is 1. The van der Waals surface area contributed by atoms with Gasteiger partial charge in [0.2, 0.25) is 0 Å². The van der Waals surface area contributed by atoms with Gasteiger partial charge in [0, 0.05) is 32.9 Å². The lowest BCUT2D eigenvalue weighted by molar-refractivity contribution is 0.303. The monoisotopic (exact) mass is 415 g/mol. The number of para-hydroxylation sites is 1. The summed E-state index contributed by atoms with van der Waals surface area (Å²) in [5.41, 5.74) is 1.21. The molecule has 0 bridgehead atoms. The fraction of sp³-hybridized carbons (Fsp3) is 0.333. The molecule has 0 atom stereocenters. The highest BCUT2D eigenvalue weighted by Crippen LogP contribution is 2.31. The van der Waals surface area contributed by atoms with Crippen LogP contribution in [0.25, 0.3) is 0 Å². The van der Waals surface area contributed by atoms with E-state index in [1.807, 2.05) is 6.07 Å². The molecule has 1 heterocycles. The van der Waals surface area contributed by atoms with Crippen molar-refractivity contribution in [2.45, 2.75) is 32.0 Å². The molecule has 0 aliphatic heterocycles. The largest absolute Gasteiger partial charge is 0.487 e. The molecule has 20 heavy (non-hydrogen) atoms. The minimum absolute atomic E-state index is 0.606. The van der Waals surface area contributed by atoms with Crippen LogP contribution in [0, 0.1) is 0 Å². The average molecular weight is 417 g/mol. The van der Waals surface area contributed by atoms with E-state index >= 15 is 0 Å². The smallest absolute Gasteiger partial charge is 0.138 e. The maximum absolute atomic E-state index is 6.02. The highest BCUT2D eigenvalue weighted by Gasteiger charge is 2.21. The summed E-state index contributed by atoms with van der Waals surface area (Å²) in [6.45, 7) is 1.48. The number of thiophene rings is 1. The summed E-state index contributed by atoms with van der Waals surface area (Å²) in [4.78, 5) is 1.22. The topological polar surface area (TPSA) is 21.3 Å². The van der Waals surface area contributed by atoms with Gasteiger partial charge in [0.05, 0.1) is 4.47 Å². The summed E-state index contributed by atoms with van der Waals surface area (Å²) in [7, 11) is 0. The Morgan fingerprint density at radius 3 is 2.85 bits per heavy atom. The highest BCUT2D eigenvalue weighted by molar-refractivity contribution is 9.10. The van der Waals surface area contributed by atoms with Crippen LogP contribution in [0.2, 0.25) is 0 Å². The predicted octanol–water partition coefficient (Wildman–Crippen LogP) is 5.10. The first-order chi connectivity index (χ1) is 9.72. The molecule has 1 aliphatic rings. The fourth-order valence-corrected chi connectivity index (χ4v) is 3.85. The molecule has 0 amide bonds. The molecule has 2 aromatic rings. The van der Waals surface area contributed by atoms with Gasteiger partial charge in [0.25, 0.3) is 0 Å². The first-order valence-electron chi connectivity index (χ1n) is 6.59. The molecule has 0 radical (unpaired) electrons. The van der Waals surface area contributed by atoms with Crippen LogP contribution in [-0.2, 0) is 13.2 Å². The molecule has 5 heteroatoms. The van der Waals surface area contributed by atoms with Gasteiger partial charge in [-0.05, 0) is 56.8 Å². The van der Waals surface area contributed by atoms with Gasteiger partial charge in [-0.25, -0.2) is 0 Å². The van der Waals surface area contributed by atoms with Crippen LogP contribution in [0.1, 0.15) is 23.3 Å². The molecule has 0 saturated heterocycles. The van der Waals surface area contributed by atoms with E-state index in [4.69, 9.17) is 4.74 Å². The minimum atomic E-state index is 0.606. The maximum atomic E-state index is 6.02. The molecule has 0 unspecified atom stereocenters. The molecular formula is C15H15Br2NOS. The van der Waals surface area contributed by atoms with Crippen molar-refractivity contribution in [1.29, 1.82) is 0 Å². The molecule has 1 aliphatic carbocycles. The fourth-order valence-electron chi connectivity index (χ4n) is 1.97. The Labute approximate surface area is 139 Å². The molecule has 106 valence electrons. The Balaban J connectivity index is 1.69. The molecule has 2 nitrogen and oxygen atoms in total. The van der Waals surface area contributed by atoms with Crippen molar-refractivity contribution in [2.75, 3.05) is 0 Å². The SMILES string of the molecule is Brc1csc(COc2c(Br)cccc2CNC2CC2)c1. The van der Waals surface area contributed by atoms with E-state index in [2.05, 4.69) is 60.8 Å². The predicted molar refractivity (Wildman–Crippen MR) is 90.4 cm³/mol. The molecule has 1 aromatic carbocycles. The third-order valence-electron chi connectivity index (χ3n) is 3.19. The van der Waals surface area contributed by atoms with E-state index in [1.54, 1.807) is 11.3 Å². The molecule has 1 fully saturated rings. The van der Waals surface area contributed by atoms with Gasteiger partial charge in [-0.15, -0.1) is 11.3 Å². The second kappa shape index (κ2) is 6.60. The van der Waals surface area contributed by atoms with Crippen LogP contribution in [-0.4, -0.2) is 6.04 Å². The van der Waals surface area contributed by atoms with Crippen LogP contribution in [0.15, 0.2) is 38.6 Å². The molecule has 1 aromatic heterocycles. The molecular weight excluding hydrogens is 402 g/mol. The minimum Gasteiger partial charge on any atom is -0.487 e. The lowest BCUT2D eigenvalue weighted by Crippen LogP contribution is -2.16. The number of rotatable bonds is 6. The lowest BCUT2D eigenvalue weighted by Gasteiger charge is -2.13. The summed E-state index contributed by atoms with van der Waals surface area (Å²) in [6.07, 6.45) is 2.60. The second-order valence-corrected chi connectivity index (χ2v) is 7.67. The van der Waals surface area contributed by atoms with Gasteiger partial charge in [-0.1, -0.05) is 12.1 Å². The molecule has 1 N–H and O–H groups in total. The van der Waals surface area contributed by atoms with Crippen LogP contribution >= 0.6 is 43.2 Å². The van der Waals surface area contributed by atoms with Gasteiger partial charge in [0.15, 0.2) is 0 Å². The van der Waals surface area contributed by atoms with Gasteiger partial charge in [0.1, 0.15) is 12.4 Å². The number of ether oxygens (including phenoxy) is 1. The van der Waals surface area contributed by atoms with E-state index in [-0.39, 0.29) is 0 Å². The van der Waals surface area contributed by atoms with Crippen LogP contribution in [0.4, 0.5) is 0 Å². The Morgan fingerprint density at radius 1 is 1.30 bits per heavy atom. The van der Waals surface area contributed by atoms with Crippen molar-refractivity contribution in [2.24, 2.45) is 0 Å². The third kappa shape index (κ3) is 3.85. The summed E-state index contributed by atoms with van der Waals surface area (Å²) < 4.78 is 8.15. The zero-order valence-corrected chi connectivity index (χ0v) is 14.9. The standard InChI is InChI=1S/C15H15Br2NOS/c16-11-6-13(20-9-11)8-19-15-10(2-1-3-14(15)17)7-18-12-4-5-12/h1-3,6,9,12,18H,4-5,7-8H2. The third-order valence-corrected chi connectivity index (χ3v) is 5.48. The number of hydrogen-bond donors (Lipinski definition) is 1. The zero-order valence-electron chi connectivity index (χ0n) is 10.9. The Bertz CT molecular complexity index is 595. The summed E-state index contributed by atoms with van der Waals surface area (Å²) >= 11 is 8.77. The second-order valence-electron chi connectivity index (χ2n) is 4.90. The van der Waals surface area contributed by atoms with Crippen molar-refractivity contribution in [3.05, 3.63) is 49.0 Å². The first-order valence-corrected chi connectivity index (χ1v) is 9.05. The summed E-state index contributed by atoms with van der Waals surface area (Å²) in [6, 6.07) is 9.02. The van der Waals surface area contributed by atoms with Crippen molar-refractivity contribution in [3.63, 3.8) is 0 Å². The van der Waals surface area contributed by atoms with Crippen molar-refractivity contribution in [3.8, 4) is 5.75 Å². The quantitative estimate of drug-likeness (QED) is 0.706. The van der Waals surface area contributed by atoms with Gasteiger partial charge < -0.3 is 10.1 Å². The maximum Gasteiger partial charge on any atom is 0.138 e. The van der Waals surface area contributed by atoms with Crippen molar-refractivity contribution < 1.29 is 4.74 Å². The Morgan fingerprint density at radius 2 is 2.15 bits per heavy atom. The average Bonchev–Trinajstić information content (AvgIpc) is 3.17. The highest BCUT2D eigenvalue weighted by atomic mass is 79.9. The zero-order chi connectivity index (χ0) is 13.9. The van der Waals surface area contributed by atoms with E-state index in [9.17, 15) is 0 Å². The van der Waals surface area contributed by atoms with Gasteiger partial charge >= 0.3 is 0 Å². The Hall–Kier alpha value is -0.360. The Kier molecular flexibility index (Phi) is 4.81. The lowest BCUT2D eigenvalue weighted by atomic mass is 10.2. The van der Waals surface area contributed by atoms with Gasteiger partial charge in [-0.3, -0.25) is 0 Å². The first kappa shape index (κ1) is 14.6. The normalized spacial score (nSPS) is 14.5. The van der Waals surface area contributed by atoms with E-state index in [0.717, 1.165) is 21.2 Å². The van der Waals surface area contributed by atoms with Crippen LogP contribution in [0.3, 0.4) is 0 Å². The number of hydrogen-bond acceptors (Lipinski definition) is 3. The van der Waals surface area contributed by atoms with Crippen molar-refractivity contribution in [1.82, 2.24) is 5.32 Å². The molecule has 3 rings (SSSR count). The van der Waals surface area contributed by atoms with E-state index in [1.165, 1.54) is 23.3 Å². The summed E-state index contributed by atoms with van der Waals surface area (Å²) in [5.74, 6) is 0.949. The van der Waals surface area contributed by atoms with Crippen LogP contribution in [0.5, 0.6) is 5.75 Å².